The number of aromatic carboxylic acids is 1. The van der Waals surface area contributed by atoms with Gasteiger partial charge in [0.15, 0.2) is 0 Å². The van der Waals surface area contributed by atoms with Crippen LogP contribution in [0.5, 0.6) is 0 Å². The summed E-state index contributed by atoms with van der Waals surface area (Å²) in [6, 6.07) is 4.80. The van der Waals surface area contributed by atoms with E-state index in [0.29, 0.717) is 4.90 Å². The predicted molar refractivity (Wildman–Crippen MR) is 73.1 cm³/mol. The van der Waals surface area contributed by atoms with Gasteiger partial charge < -0.3 is 5.11 Å². The molecule has 0 aliphatic heterocycles. The van der Waals surface area contributed by atoms with E-state index in [0.717, 1.165) is 4.91 Å². The van der Waals surface area contributed by atoms with Gasteiger partial charge in [-0.25, -0.2) is 4.79 Å². The second-order valence-corrected chi connectivity index (χ2v) is 4.32. The van der Waals surface area contributed by atoms with Gasteiger partial charge in [-0.2, -0.15) is 0 Å². The number of hydrogen-bond acceptors (Lipinski definition) is 4. The molecule has 3 N–H and O–H groups in total. The molecule has 4 nitrogen and oxygen atoms in total. The molecule has 0 heterocycles. The van der Waals surface area contributed by atoms with Gasteiger partial charge in [0.2, 0.25) is 0 Å². The molecule has 94 valence electrons. The molecule has 0 fully saturated rings. The number of carboxylic acids is 1. The van der Waals surface area contributed by atoms with Gasteiger partial charge in [0.05, 0.1) is 11.3 Å². The lowest BCUT2D eigenvalue weighted by Gasteiger charge is -2.10. The Balaban J connectivity index is 3.23. The molecule has 0 unspecified atom stereocenters. The van der Waals surface area contributed by atoms with Gasteiger partial charge in [0.1, 0.15) is 0 Å². The van der Waals surface area contributed by atoms with Crippen molar-refractivity contribution in [1.82, 2.24) is 0 Å². The van der Waals surface area contributed by atoms with E-state index in [1.807, 2.05) is 5.48 Å². The molecule has 0 amide bonds. The zero-order valence-electron chi connectivity index (χ0n) is 9.59. The summed E-state index contributed by atoms with van der Waals surface area (Å²) in [5, 5.41) is 18.1. The first-order valence-electron chi connectivity index (χ1n) is 5.03. The van der Waals surface area contributed by atoms with Crippen molar-refractivity contribution < 1.29 is 15.1 Å². The molecular weight excluding hydrogens is 250 g/mol. The van der Waals surface area contributed by atoms with Gasteiger partial charge >= 0.3 is 5.97 Å². The third-order valence-electron chi connectivity index (χ3n) is 2.07. The average molecular weight is 263 g/mol. The van der Waals surface area contributed by atoms with E-state index in [2.05, 4.69) is 13.2 Å². The van der Waals surface area contributed by atoms with Crippen LogP contribution in [0.1, 0.15) is 10.4 Å². The summed E-state index contributed by atoms with van der Waals surface area (Å²) in [7, 11) is 0. The van der Waals surface area contributed by atoms with Crippen LogP contribution in [0.2, 0.25) is 0 Å². The van der Waals surface area contributed by atoms with Crippen LogP contribution in [0.4, 0.5) is 5.69 Å². The Bertz CT molecular complexity index is 509. The zero-order chi connectivity index (χ0) is 13.5. The van der Waals surface area contributed by atoms with Crippen molar-refractivity contribution in [3.63, 3.8) is 0 Å². The molecule has 1 aromatic carbocycles. The molecule has 0 aromatic heterocycles. The van der Waals surface area contributed by atoms with Crippen molar-refractivity contribution >= 4 is 23.4 Å². The SMILES string of the molecule is C=C/C=C(\C=C)Sc1cccc(NO)c1C(=O)O. The first-order valence-corrected chi connectivity index (χ1v) is 5.85. The summed E-state index contributed by atoms with van der Waals surface area (Å²) in [4.78, 5) is 12.5. The van der Waals surface area contributed by atoms with E-state index in [-0.39, 0.29) is 11.3 Å². The number of rotatable bonds is 6. The minimum Gasteiger partial charge on any atom is -0.478 e. The van der Waals surface area contributed by atoms with Crippen molar-refractivity contribution in [2.45, 2.75) is 4.90 Å². The fraction of sp³-hybridized carbons (Fsp3) is 0. The normalized spacial score (nSPS) is 10.8. The minimum absolute atomic E-state index is 0.0156. The second-order valence-electron chi connectivity index (χ2n) is 3.21. The summed E-state index contributed by atoms with van der Waals surface area (Å²) in [6.07, 6.45) is 4.93. The lowest BCUT2D eigenvalue weighted by atomic mass is 10.2. The number of benzene rings is 1. The largest absolute Gasteiger partial charge is 0.478 e. The second kappa shape index (κ2) is 6.68. The van der Waals surface area contributed by atoms with Crippen LogP contribution in [0, 0.1) is 0 Å². The fourth-order valence-corrected chi connectivity index (χ4v) is 2.26. The van der Waals surface area contributed by atoms with Crippen LogP contribution in [0.25, 0.3) is 0 Å². The summed E-state index contributed by atoms with van der Waals surface area (Å²) < 4.78 is 0. The highest BCUT2D eigenvalue weighted by Crippen LogP contribution is 2.33. The van der Waals surface area contributed by atoms with Crippen LogP contribution in [0.15, 0.2) is 59.4 Å². The van der Waals surface area contributed by atoms with Crippen LogP contribution in [-0.4, -0.2) is 16.3 Å². The Kier molecular flexibility index (Phi) is 5.23. The molecule has 0 spiro atoms. The van der Waals surface area contributed by atoms with Crippen LogP contribution < -0.4 is 5.48 Å². The monoisotopic (exact) mass is 263 g/mol. The molecule has 0 aliphatic rings. The maximum Gasteiger partial charge on any atom is 0.339 e. The van der Waals surface area contributed by atoms with Crippen molar-refractivity contribution in [3.05, 3.63) is 60.1 Å². The maximum atomic E-state index is 11.2. The fourth-order valence-electron chi connectivity index (χ4n) is 1.32. The molecule has 1 aromatic rings. The maximum absolute atomic E-state index is 11.2. The lowest BCUT2D eigenvalue weighted by molar-refractivity contribution is 0.0693. The molecular formula is C13H13NO3S. The number of carbonyl (C=O) groups is 1. The molecule has 0 atom stereocenters. The summed E-state index contributed by atoms with van der Waals surface area (Å²) >= 11 is 1.24. The highest BCUT2D eigenvalue weighted by Gasteiger charge is 2.16. The Labute approximate surface area is 109 Å². The van der Waals surface area contributed by atoms with Gasteiger partial charge in [-0.1, -0.05) is 43.1 Å². The molecule has 0 aliphatic carbocycles. The van der Waals surface area contributed by atoms with E-state index >= 15 is 0 Å². The van der Waals surface area contributed by atoms with Crippen molar-refractivity contribution in [3.8, 4) is 0 Å². The minimum atomic E-state index is -1.11. The number of thioether (sulfide) groups is 1. The molecule has 18 heavy (non-hydrogen) atoms. The highest BCUT2D eigenvalue weighted by molar-refractivity contribution is 8.03. The number of nitrogens with one attached hydrogen (secondary N) is 1. The summed E-state index contributed by atoms with van der Waals surface area (Å²) in [5.41, 5.74) is 2.04. The van der Waals surface area contributed by atoms with E-state index in [9.17, 15) is 4.79 Å². The summed E-state index contributed by atoms with van der Waals surface area (Å²) in [5.74, 6) is -1.11. The van der Waals surface area contributed by atoms with Gasteiger partial charge in [0, 0.05) is 9.80 Å². The summed E-state index contributed by atoms with van der Waals surface area (Å²) in [6.45, 7) is 7.22. The topological polar surface area (TPSA) is 69.6 Å². The number of carboxylic acid groups (broad SMARTS) is 1. The van der Waals surface area contributed by atoms with Gasteiger partial charge in [-0.15, -0.1) is 0 Å². The quantitative estimate of drug-likeness (QED) is 0.416. The molecule has 5 heteroatoms. The van der Waals surface area contributed by atoms with Crippen LogP contribution >= 0.6 is 11.8 Å². The number of allylic oxidation sites excluding steroid dienone is 3. The van der Waals surface area contributed by atoms with Crippen molar-refractivity contribution in [1.29, 1.82) is 0 Å². The predicted octanol–water partition coefficient (Wildman–Crippen LogP) is 3.53. The highest BCUT2D eigenvalue weighted by atomic mass is 32.2. The van der Waals surface area contributed by atoms with Gasteiger partial charge in [-0.3, -0.25) is 10.7 Å². The molecule has 0 radical (unpaired) electrons. The van der Waals surface area contributed by atoms with E-state index in [1.54, 1.807) is 30.4 Å². The smallest absolute Gasteiger partial charge is 0.339 e. The van der Waals surface area contributed by atoms with Crippen molar-refractivity contribution in [2.75, 3.05) is 5.48 Å². The van der Waals surface area contributed by atoms with Gasteiger partial charge in [-0.05, 0) is 18.2 Å². The third-order valence-corrected chi connectivity index (χ3v) is 3.17. The third kappa shape index (κ3) is 3.26. The Morgan fingerprint density at radius 3 is 2.61 bits per heavy atom. The van der Waals surface area contributed by atoms with E-state index in [1.165, 1.54) is 17.8 Å². The van der Waals surface area contributed by atoms with Crippen LogP contribution in [0.3, 0.4) is 0 Å². The Morgan fingerprint density at radius 2 is 2.11 bits per heavy atom. The zero-order valence-corrected chi connectivity index (χ0v) is 10.4. The Hall–Kier alpha value is -1.98. The molecule has 0 saturated carbocycles. The van der Waals surface area contributed by atoms with E-state index in [4.69, 9.17) is 10.3 Å². The number of anilines is 1. The Morgan fingerprint density at radius 1 is 1.39 bits per heavy atom. The molecule has 1 rings (SSSR count). The first kappa shape index (κ1) is 14.1. The standard InChI is InChI=1S/C13H13NO3S/c1-3-6-9(4-2)18-11-8-5-7-10(14-17)12(11)13(15)16/h3-8,14,17H,1-2H2,(H,15,16)/b9-6+. The first-order chi connectivity index (χ1) is 8.63. The number of hydrogen-bond donors (Lipinski definition) is 3. The lowest BCUT2D eigenvalue weighted by Crippen LogP contribution is -2.04. The van der Waals surface area contributed by atoms with Crippen LogP contribution in [-0.2, 0) is 0 Å². The van der Waals surface area contributed by atoms with E-state index < -0.39 is 5.97 Å². The van der Waals surface area contributed by atoms with Crippen molar-refractivity contribution in [2.24, 2.45) is 0 Å². The molecule has 0 saturated heterocycles. The average Bonchev–Trinajstić information content (AvgIpc) is 2.37. The molecule has 0 bridgehead atoms. The van der Waals surface area contributed by atoms with Gasteiger partial charge in [0.25, 0.3) is 0 Å².